The number of rotatable bonds is 6. The molecule has 1 aromatic rings. The van der Waals surface area contributed by atoms with Crippen molar-refractivity contribution in [3.63, 3.8) is 0 Å². The molecule has 0 saturated heterocycles. The van der Waals surface area contributed by atoms with Gasteiger partial charge in [0, 0.05) is 6.54 Å². The van der Waals surface area contributed by atoms with E-state index in [-0.39, 0.29) is 17.4 Å². The lowest BCUT2D eigenvalue weighted by Crippen LogP contribution is -2.24. The third-order valence-electron chi connectivity index (χ3n) is 4.12. The smallest absolute Gasteiger partial charge is 0.287 e. The summed E-state index contributed by atoms with van der Waals surface area (Å²) in [6.45, 7) is 5.05. The largest absolute Gasteiger partial charge is 0.346 e. The van der Waals surface area contributed by atoms with Gasteiger partial charge < -0.3 is 10.3 Å². The van der Waals surface area contributed by atoms with Crippen molar-refractivity contribution in [2.45, 2.75) is 39.5 Å². The molecular weight excluding hydrogens is 300 g/mol. The Labute approximate surface area is 143 Å². The molecule has 0 aliphatic heterocycles. The van der Waals surface area contributed by atoms with Crippen LogP contribution in [0.25, 0.3) is 0 Å². The molecule has 24 heavy (non-hydrogen) atoms. The average molecular weight is 324 g/mol. The van der Waals surface area contributed by atoms with E-state index in [1.807, 2.05) is 24.3 Å². The van der Waals surface area contributed by atoms with Crippen molar-refractivity contribution in [1.29, 1.82) is 5.26 Å². The van der Waals surface area contributed by atoms with Gasteiger partial charge in [0.25, 0.3) is 5.91 Å². The molecule has 1 aliphatic carbocycles. The molecule has 1 amide bonds. The first kappa shape index (κ1) is 17.7. The summed E-state index contributed by atoms with van der Waals surface area (Å²) in [7, 11) is 0. The molecular formula is C19H24N4O. The number of amides is 1. The third kappa shape index (κ3) is 5.54. The standard InChI is InChI=1S/C19H24N4O/c1-19(2)10-8-15(9-11-19)7-5-3-4-6-12-21-18(24)17-22-14-16(13-20)23-17/h3-6,8,14H,7,9-12H2,1-2H3,(H,21,24)(H,22,23)/b5-3-,6-4-. The highest BCUT2D eigenvalue weighted by molar-refractivity contribution is 5.90. The molecule has 2 rings (SSSR count). The van der Waals surface area contributed by atoms with Crippen LogP contribution in [-0.4, -0.2) is 22.4 Å². The molecule has 1 aromatic heterocycles. The van der Waals surface area contributed by atoms with Gasteiger partial charge in [-0.3, -0.25) is 4.79 Å². The Morgan fingerprint density at radius 2 is 2.25 bits per heavy atom. The predicted octanol–water partition coefficient (Wildman–Crippen LogP) is 3.65. The number of hydrogen-bond acceptors (Lipinski definition) is 3. The van der Waals surface area contributed by atoms with Crippen molar-refractivity contribution in [2.24, 2.45) is 5.41 Å². The molecule has 0 radical (unpaired) electrons. The van der Waals surface area contributed by atoms with Gasteiger partial charge in [-0.1, -0.05) is 49.8 Å². The Morgan fingerprint density at radius 1 is 1.46 bits per heavy atom. The lowest BCUT2D eigenvalue weighted by molar-refractivity contribution is 0.0948. The summed E-state index contributed by atoms with van der Waals surface area (Å²) in [5, 5.41) is 11.4. The van der Waals surface area contributed by atoms with Crippen molar-refractivity contribution in [3.05, 3.63) is 53.7 Å². The average Bonchev–Trinajstić information content (AvgIpc) is 3.04. The van der Waals surface area contributed by atoms with E-state index in [2.05, 4.69) is 41.3 Å². The first-order valence-electron chi connectivity index (χ1n) is 8.23. The van der Waals surface area contributed by atoms with E-state index >= 15 is 0 Å². The second-order valence-electron chi connectivity index (χ2n) is 6.76. The topological polar surface area (TPSA) is 81.6 Å². The molecule has 5 heteroatoms. The monoisotopic (exact) mass is 324 g/mol. The van der Waals surface area contributed by atoms with Crippen LogP contribution in [-0.2, 0) is 0 Å². The first-order chi connectivity index (χ1) is 11.5. The van der Waals surface area contributed by atoms with E-state index in [0.29, 0.717) is 12.0 Å². The Morgan fingerprint density at radius 3 is 2.92 bits per heavy atom. The quantitative estimate of drug-likeness (QED) is 0.619. The van der Waals surface area contributed by atoms with Crippen molar-refractivity contribution < 1.29 is 4.79 Å². The van der Waals surface area contributed by atoms with Crippen LogP contribution in [0.5, 0.6) is 0 Å². The maximum Gasteiger partial charge on any atom is 0.287 e. The normalized spacial score (nSPS) is 17.0. The lowest BCUT2D eigenvalue weighted by Gasteiger charge is -2.28. The number of imidazole rings is 1. The number of carbonyl (C=O) groups excluding carboxylic acids is 1. The van der Waals surface area contributed by atoms with Gasteiger partial charge >= 0.3 is 0 Å². The minimum absolute atomic E-state index is 0.155. The van der Waals surface area contributed by atoms with Crippen LogP contribution in [0.4, 0.5) is 0 Å². The molecule has 0 fully saturated rings. The van der Waals surface area contributed by atoms with Gasteiger partial charge in [-0.25, -0.2) is 4.98 Å². The summed E-state index contributed by atoms with van der Waals surface area (Å²) in [5.74, 6) is -0.164. The molecule has 5 nitrogen and oxygen atoms in total. The van der Waals surface area contributed by atoms with Crippen molar-refractivity contribution in [1.82, 2.24) is 15.3 Å². The second kappa shape index (κ2) is 8.30. The fourth-order valence-corrected chi connectivity index (χ4v) is 2.48. The Balaban J connectivity index is 1.67. The Hall–Kier alpha value is -2.61. The Kier molecular flexibility index (Phi) is 6.14. The lowest BCUT2D eigenvalue weighted by atomic mass is 9.78. The van der Waals surface area contributed by atoms with Gasteiger partial charge in [0.15, 0.2) is 5.82 Å². The highest BCUT2D eigenvalue weighted by atomic mass is 16.2. The van der Waals surface area contributed by atoms with Crippen molar-refractivity contribution in [2.75, 3.05) is 6.54 Å². The number of nitriles is 1. The zero-order valence-corrected chi connectivity index (χ0v) is 14.3. The molecule has 2 N–H and O–H groups in total. The molecule has 0 unspecified atom stereocenters. The third-order valence-corrected chi connectivity index (χ3v) is 4.12. The van der Waals surface area contributed by atoms with Gasteiger partial charge in [-0.05, 0) is 31.1 Å². The van der Waals surface area contributed by atoms with Crippen molar-refractivity contribution in [3.8, 4) is 6.07 Å². The SMILES string of the molecule is CC1(C)CC=C(C/C=C\C=C/CNC(=O)c2ncc(C#N)[nH]2)CC1. The molecule has 0 aromatic carbocycles. The van der Waals surface area contributed by atoms with Crippen LogP contribution in [0.1, 0.15) is 55.8 Å². The number of H-pyrrole nitrogens is 1. The van der Waals surface area contributed by atoms with Crippen molar-refractivity contribution >= 4 is 5.91 Å². The number of aromatic amines is 1. The van der Waals surface area contributed by atoms with Gasteiger partial charge in [-0.15, -0.1) is 0 Å². The van der Waals surface area contributed by atoms with E-state index in [4.69, 9.17) is 5.26 Å². The summed E-state index contributed by atoms with van der Waals surface area (Å²) >= 11 is 0. The van der Waals surface area contributed by atoms with Crippen LogP contribution in [0.15, 0.2) is 42.2 Å². The van der Waals surface area contributed by atoms with Crippen LogP contribution < -0.4 is 5.32 Å². The van der Waals surface area contributed by atoms with E-state index in [0.717, 1.165) is 6.42 Å². The summed E-state index contributed by atoms with van der Waals surface area (Å²) < 4.78 is 0. The van der Waals surface area contributed by atoms with Gasteiger partial charge in [-0.2, -0.15) is 5.26 Å². The van der Waals surface area contributed by atoms with E-state index in [1.165, 1.54) is 31.0 Å². The molecule has 0 spiro atoms. The maximum atomic E-state index is 11.7. The fraction of sp³-hybridized carbons (Fsp3) is 0.421. The number of aromatic nitrogens is 2. The second-order valence-corrected chi connectivity index (χ2v) is 6.76. The molecule has 1 heterocycles. The van der Waals surface area contributed by atoms with E-state index < -0.39 is 0 Å². The van der Waals surface area contributed by atoms with Crippen LogP contribution in [0.3, 0.4) is 0 Å². The highest BCUT2D eigenvalue weighted by Gasteiger charge is 2.20. The Bertz CT molecular complexity index is 701. The summed E-state index contributed by atoms with van der Waals surface area (Å²) in [4.78, 5) is 18.2. The number of allylic oxidation sites excluding steroid dienone is 5. The number of hydrogen-bond donors (Lipinski definition) is 2. The summed E-state index contributed by atoms with van der Waals surface area (Å²) in [6.07, 6.45) is 16.3. The van der Waals surface area contributed by atoms with E-state index in [9.17, 15) is 4.79 Å². The molecule has 0 atom stereocenters. The van der Waals surface area contributed by atoms with Crippen LogP contribution >= 0.6 is 0 Å². The zero-order valence-electron chi connectivity index (χ0n) is 14.3. The number of nitrogens with one attached hydrogen (secondary N) is 2. The van der Waals surface area contributed by atoms with Gasteiger partial charge in [0.2, 0.25) is 0 Å². The molecule has 0 bridgehead atoms. The van der Waals surface area contributed by atoms with Crippen LogP contribution in [0.2, 0.25) is 0 Å². The maximum absolute atomic E-state index is 11.7. The van der Waals surface area contributed by atoms with Crippen LogP contribution in [0, 0.1) is 16.7 Å². The fourth-order valence-electron chi connectivity index (χ4n) is 2.48. The zero-order chi connectivity index (χ0) is 17.4. The predicted molar refractivity (Wildman–Crippen MR) is 94.2 cm³/mol. The summed E-state index contributed by atoms with van der Waals surface area (Å²) in [6, 6.07) is 1.90. The number of nitrogens with zero attached hydrogens (tertiary/aromatic N) is 2. The number of carbonyl (C=O) groups is 1. The van der Waals surface area contributed by atoms with Gasteiger partial charge in [0.05, 0.1) is 6.20 Å². The summed E-state index contributed by atoms with van der Waals surface area (Å²) in [5.41, 5.74) is 2.24. The first-order valence-corrected chi connectivity index (χ1v) is 8.23. The molecule has 126 valence electrons. The molecule has 1 aliphatic rings. The van der Waals surface area contributed by atoms with E-state index in [1.54, 1.807) is 0 Å². The highest BCUT2D eigenvalue weighted by Crippen LogP contribution is 2.35. The minimum atomic E-state index is -0.319. The van der Waals surface area contributed by atoms with Gasteiger partial charge in [0.1, 0.15) is 11.8 Å². The minimum Gasteiger partial charge on any atom is -0.346 e. The molecule has 0 saturated carbocycles.